The van der Waals surface area contributed by atoms with E-state index in [-0.39, 0.29) is 0 Å². The molecule has 0 spiro atoms. The number of hydrogen-bond acceptors (Lipinski definition) is 5. The zero-order chi connectivity index (χ0) is 19.6. The predicted molar refractivity (Wildman–Crippen MR) is 110 cm³/mol. The van der Waals surface area contributed by atoms with Crippen LogP contribution in [0.15, 0.2) is 4.99 Å². The standard InChI is InChI=1S/C20H36N6O2/c1-3-21-20(25-12-9-17(15-25)16-28-14-13-27-2)22-10-8-19-24-23-18-7-5-4-6-11-26(18)19/h17H,3-16H2,1-2H3,(H,21,22). The lowest BCUT2D eigenvalue weighted by Gasteiger charge is -2.21. The number of aromatic nitrogens is 3. The van der Waals surface area contributed by atoms with E-state index >= 15 is 0 Å². The van der Waals surface area contributed by atoms with Gasteiger partial charge < -0.3 is 24.3 Å². The van der Waals surface area contributed by atoms with E-state index in [2.05, 4.69) is 31.9 Å². The maximum Gasteiger partial charge on any atom is 0.193 e. The van der Waals surface area contributed by atoms with Gasteiger partial charge in [-0.15, -0.1) is 10.2 Å². The first kappa shape index (κ1) is 21.0. The normalized spacial score (nSPS) is 20.3. The van der Waals surface area contributed by atoms with Gasteiger partial charge in [0.2, 0.25) is 0 Å². The molecule has 1 unspecified atom stereocenters. The molecule has 0 aliphatic carbocycles. The molecule has 1 aromatic heterocycles. The van der Waals surface area contributed by atoms with Gasteiger partial charge in [-0.3, -0.25) is 4.99 Å². The number of aryl methyl sites for hydroxylation is 1. The van der Waals surface area contributed by atoms with Crippen molar-refractivity contribution in [3.8, 4) is 0 Å². The van der Waals surface area contributed by atoms with E-state index < -0.39 is 0 Å². The second-order valence-corrected chi connectivity index (χ2v) is 7.65. The Morgan fingerprint density at radius 2 is 2.14 bits per heavy atom. The molecule has 2 aliphatic rings. The molecular formula is C20H36N6O2. The highest BCUT2D eigenvalue weighted by molar-refractivity contribution is 5.80. The number of fused-ring (bicyclic) bond motifs is 1. The van der Waals surface area contributed by atoms with Crippen LogP contribution in [0, 0.1) is 5.92 Å². The van der Waals surface area contributed by atoms with Crippen molar-refractivity contribution >= 4 is 5.96 Å². The number of hydrogen-bond donors (Lipinski definition) is 1. The molecule has 3 rings (SSSR count). The number of rotatable bonds is 9. The Balaban J connectivity index is 1.50. The highest BCUT2D eigenvalue weighted by atomic mass is 16.5. The van der Waals surface area contributed by atoms with Gasteiger partial charge >= 0.3 is 0 Å². The maximum atomic E-state index is 5.71. The highest BCUT2D eigenvalue weighted by Crippen LogP contribution is 2.17. The largest absolute Gasteiger partial charge is 0.382 e. The lowest BCUT2D eigenvalue weighted by atomic mass is 10.1. The third-order valence-corrected chi connectivity index (χ3v) is 5.49. The van der Waals surface area contributed by atoms with Crippen molar-refractivity contribution < 1.29 is 9.47 Å². The number of nitrogens with one attached hydrogen (secondary N) is 1. The van der Waals surface area contributed by atoms with E-state index in [1.165, 1.54) is 19.3 Å². The van der Waals surface area contributed by atoms with Crippen LogP contribution in [-0.2, 0) is 28.9 Å². The molecule has 28 heavy (non-hydrogen) atoms. The molecule has 3 heterocycles. The summed E-state index contributed by atoms with van der Waals surface area (Å²) >= 11 is 0. The third kappa shape index (κ3) is 5.91. The number of aliphatic imine (C=N–C) groups is 1. The SMILES string of the molecule is CCNC(=NCCc1nnc2n1CCCCC2)N1CCC(COCCOC)C1. The molecule has 8 nitrogen and oxygen atoms in total. The van der Waals surface area contributed by atoms with Crippen LogP contribution in [0.4, 0.5) is 0 Å². The molecule has 1 aromatic rings. The first-order valence-electron chi connectivity index (χ1n) is 10.8. The maximum absolute atomic E-state index is 5.71. The van der Waals surface area contributed by atoms with Crippen LogP contribution in [0.2, 0.25) is 0 Å². The highest BCUT2D eigenvalue weighted by Gasteiger charge is 2.25. The fourth-order valence-electron chi connectivity index (χ4n) is 3.97. The number of methoxy groups -OCH3 is 1. The van der Waals surface area contributed by atoms with Crippen molar-refractivity contribution in [1.82, 2.24) is 25.0 Å². The summed E-state index contributed by atoms with van der Waals surface area (Å²) in [5.74, 6) is 3.81. The minimum Gasteiger partial charge on any atom is -0.382 e. The third-order valence-electron chi connectivity index (χ3n) is 5.49. The van der Waals surface area contributed by atoms with Crippen molar-refractivity contribution in [3.05, 3.63) is 11.6 Å². The second-order valence-electron chi connectivity index (χ2n) is 7.65. The summed E-state index contributed by atoms with van der Waals surface area (Å²) in [6, 6.07) is 0. The van der Waals surface area contributed by atoms with Crippen molar-refractivity contribution in [2.75, 3.05) is 53.1 Å². The van der Waals surface area contributed by atoms with Crippen LogP contribution in [0.1, 0.15) is 44.3 Å². The number of ether oxygens (including phenoxy) is 2. The molecular weight excluding hydrogens is 356 g/mol. The van der Waals surface area contributed by atoms with Crippen LogP contribution < -0.4 is 5.32 Å². The summed E-state index contributed by atoms with van der Waals surface area (Å²) in [7, 11) is 1.71. The van der Waals surface area contributed by atoms with Crippen LogP contribution in [0.5, 0.6) is 0 Å². The van der Waals surface area contributed by atoms with Crippen LogP contribution in [-0.4, -0.2) is 78.7 Å². The molecule has 2 aliphatic heterocycles. The van der Waals surface area contributed by atoms with Crippen LogP contribution in [0.3, 0.4) is 0 Å². The summed E-state index contributed by atoms with van der Waals surface area (Å²) in [6.45, 7) is 8.95. The Bertz CT molecular complexity index is 618. The summed E-state index contributed by atoms with van der Waals surface area (Å²) in [6.07, 6.45) is 6.80. The van der Waals surface area contributed by atoms with E-state index in [0.29, 0.717) is 19.1 Å². The van der Waals surface area contributed by atoms with E-state index in [1.807, 2.05) is 0 Å². The Morgan fingerprint density at radius 1 is 1.21 bits per heavy atom. The van der Waals surface area contributed by atoms with Gasteiger partial charge in [0, 0.05) is 58.6 Å². The van der Waals surface area contributed by atoms with Gasteiger partial charge in [0.1, 0.15) is 11.6 Å². The summed E-state index contributed by atoms with van der Waals surface area (Å²) < 4.78 is 13.1. The Morgan fingerprint density at radius 3 is 3.00 bits per heavy atom. The second kappa shape index (κ2) is 11.4. The van der Waals surface area contributed by atoms with Crippen molar-refractivity contribution in [2.24, 2.45) is 10.9 Å². The van der Waals surface area contributed by atoms with Gasteiger partial charge in [0.15, 0.2) is 5.96 Å². The number of nitrogens with zero attached hydrogens (tertiary/aromatic N) is 5. The zero-order valence-electron chi connectivity index (χ0n) is 17.5. The lowest BCUT2D eigenvalue weighted by Crippen LogP contribution is -2.40. The fourth-order valence-corrected chi connectivity index (χ4v) is 3.97. The Hall–Kier alpha value is -1.67. The molecule has 1 atom stereocenters. The van der Waals surface area contributed by atoms with Gasteiger partial charge in [-0.05, 0) is 26.2 Å². The summed E-state index contributed by atoms with van der Waals surface area (Å²) in [5, 5.41) is 12.3. The van der Waals surface area contributed by atoms with E-state index in [0.717, 1.165) is 76.2 Å². The van der Waals surface area contributed by atoms with E-state index in [9.17, 15) is 0 Å². The first-order valence-corrected chi connectivity index (χ1v) is 10.8. The first-order chi connectivity index (χ1) is 13.8. The van der Waals surface area contributed by atoms with Gasteiger partial charge in [-0.25, -0.2) is 0 Å². The Kier molecular flexibility index (Phi) is 8.54. The molecule has 1 saturated heterocycles. The monoisotopic (exact) mass is 392 g/mol. The molecule has 1 N–H and O–H groups in total. The summed E-state index contributed by atoms with van der Waals surface area (Å²) in [5.41, 5.74) is 0. The molecule has 158 valence electrons. The topological polar surface area (TPSA) is 76.8 Å². The van der Waals surface area contributed by atoms with Crippen LogP contribution in [0.25, 0.3) is 0 Å². The van der Waals surface area contributed by atoms with Crippen molar-refractivity contribution in [2.45, 2.75) is 52.0 Å². The number of likely N-dealkylation sites (tertiary alicyclic amines) is 1. The van der Waals surface area contributed by atoms with Crippen molar-refractivity contribution in [1.29, 1.82) is 0 Å². The minimum atomic E-state index is 0.563. The molecule has 0 bridgehead atoms. The summed E-state index contributed by atoms with van der Waals surface area (Å²) in [4.78, 5) is 7.24. The van der Waals surface area contributed by atoms with Gasteiger partial charge in [0.25, 0.3) is 0 Å². The molecule has 1 fully saturated rings. The lowest BCUT2D eigenvalue weighted by molar-refractivity contribution is 0.0536. The molecule has 0 radical (unpaired) electrons. The average Bonchev–Trinajstić information content (AvgIpc) is 3.25. The van der Waals surface area contributed by atoms with E-state index in [1.54, 1.807) is 7.11 Å². The smallest absolute Gasteiger partial charge is 0.193 e. The van der Waals surface area contributed by atoms with Gasteiger partial charge in [-0.2, -0.15) is 0 Å². The zero-order valence-corrected chi connectivity index (χ0v) is 17.5. The average molecular weight is 393 g/mol. The number of guanidine groups is 1. The van der Waals surface area contributed by atoms with Gasteiger partial charge in [0.05, 0.1) is 19.8 Å². The fraction of sp³-hybridized carbons (Fsp3) is 0.850. The van der Waals surface area contributed by atoms with Gasteiger partial charge in [-0.1, -0.05) is 6.42 Å². The van der Waals surface area contributed by atoms with Crippen LogP contribution >= 0.6 is 0 Å². The Labute approximate surface area is 168 Å². The quantitative estimate of drug-likeness (QED) is 0.390. The van der Waals surface area contributed by atoms with Crippen molar-refractivity contribution in [3.63, 3.8) is 0 Å². The molecule has 0 amide bonds. The minimum absolute atomic E-state index is 0.563. The molecule has 0 aromatic carbocycles. The van der Waals surface area contributed by atoms with E-state index in [4.69, 9.17) is 14.5 Å². The molecule has 8 heteroatoms. The predicted octanol–water partition coefficient (Wildman–Crippen LogP) is 1.50. The molecule has 0 saturated carbocycles.